The maximum Gasteiger partial charge on any atom is 0.408 e. The summed E-state index contributed by atoms with van der Waals surface area (Å²) in [5, 5.41) is 15.8. The number of nitrogens with one attached hydrogen (secondary N) is 2. The lowest BCUT2D eigenvalue weighted by Crippen LogP contribution is -2.43. The zero-order valence-corrected chi connectivity index (χ0v) is 22.6. The molecule has 2 aromatic heterocycles. The smallest absolute Gasteiger partial charge is 0.408 e. The van der Waals surface area contributed by atoms with E-state index in [1.807, 2.05) is 60.8 Å². The molecule has 0 aliphatic heterocycles. The summed E-state index contributed by atoms with van der Waals surface area (Å²) in [6, 6.07) is 20.2. The first kappa shape index (κ1) is 26.7. The van der Waals surface area contributed by atoms with Crippen molar-refractivity contribution in [3.05, 3.63) is 96.4 Å². The normalized spacial score (nSPS) is 12.3. The number of para-hydroxylation sites is 1. The van der Waals surface area contributed by atoms with Gasteiger partial charge in [0.15, 0.2) is 0 Å². The third kappa shape index (κ3) is 6.40. The number of hydrogen-bond acceptors (Lipinski definition) is 5. The maximum atomic E-state index is 12.7. The molecule has 0 unspecified atom stereocenters. The van der Waals surface area contributed by atoms with Gasteiger partial charge in [-0.1, -0.05) is 30.3 Å². The van der Waals surface area contributed by atoms with Crippen LogP contribution in [0.15, 0.2) is 85.3 Å². The molecule has 3 N–H and O–H groups in total. The summed E-state index contributed by atoms with van der Waals surface area (Å²) < 4.78 is 11.6. The Morgan fingerprint density at radius 3 is 2.62 bits per heavy atom. The third-order valence-electron chi connectivity index (χ3n) is 6.44. The number of alkyl carbamates (subject to hydrolysis) is 1. The molecule has 0 spiro atoms. The lowest BCUT2D eigenvalue weighted by Gasteiger charge is -2.24. The molecule has 0 fully saturated rings. The number of ether oxygens (including phenoxy) is 2. The topological polar surface area (TPSA) is 114 Å². The monoisotopic (exact) mass is 537 g/mol. The van der Waals surface area contributed by atoms with Gasteiger partial charge in [0, 0.05) is 34.9 Å². The van der Waals surface area contributed by atoms with Crippen molar-refractivity contribution in [2.75, 3.05) is 6.61 Å². The fourth-order valence-electron chi connectivity index (χ4n) is 4.62. The number of hydrogen-bond donors (Lipinski definition) is 3. The Balaban J connectivity index is 1.42. The number of amides is 1. The molecule has 204 valence electrons. The number of aromatic amines is 1. The molecule has 5 rings (SSSR count). The standard InChI is InChI=1S/C32H31N3O5/c1-32(2,3)40-31(38)35-26(14-25-18-34-29-7-5-4-6-28(25)29)19-39-27-15-23(13-24(16-27)30(36)37)20-8-9-22-17-33-11-10-21(22)12-20/h4-13,15-18,26,34H,14,19H2,1-3H3,(H,35,38)(H,36,37)/t26-/m1/s1. The highest BCUT2D eigenvalue weighted by Gasteiger charge is 2.22. The average molecular weight is 538 g/mol. The van der Waals surface area contributed by atoms with Crippen LogP contribution in [0.2, 0.25) is 0 Å². The molecule has 5 aromatic rings. The molecule has 40 heavy (non-hydrogen) atoms. The summed E-state index contributed by atoms with van der Waals surface area (Å²) in [5.41, 5.74) is 3.04. The van der Waals surface area contributed by atoms with E-state index in [2.05, 4.69) is 15.3 Å². The van der Waals surface area contributed by atoms with Crippen LogP contribution in [0.25, 0.3) is 32.8 Å². The van der Waals surface area contributed by atoms with E-state index in [0.717, 1.165) is 32.8 Å². The zero-order valence-electron chi connectivity index (χ0n) is 22.6. The van der Waals surface area contributed by atoms with Crippen LogP contribution < -0.4 is 10.1 Å². The van der Waals surface area contributed by atoms with E-state index in [1.165, 1.54) is 6.07 Å². The highest BCUT2D eigenvalue weighted by atomic mass is 16.6. The zero-order chi connectivity index (χ0) is 28.3. The Hall–Kier alpha value is -4.85. The van der Waals surface area contributed by atoms with Crippen molar-refractivity contribution in [3.8, 4) is 16.9 Å². The quantitative estimate of drug-likeness (QED) is 0.206. The van der Waals surface area contributed by atoms with Crippen molar-refractivity contribution in [1.82, 2.24) is 15.3 Å². The molecular weight excluding hydrogens is 506 g/mol. The molecule has 0 bridgehead atoms. The highest BCUT2D eigenvalue weighted by Crippen LogP contribution is 2.29. The van der Waals surface area contributed by atoms with Gasteiger partial charge >= 0.3 is 12.1 Å². The van der Waals surface area contributed by atoms with Gasteiger partial charge in [-0.05, 0) is 85.7 Å². The van der Waals surface area contributed by atoms with Crippen LogP contribution in [0.1, 0.15) is 36.7 Å². The highest BCUT2D eigenvalue weighted by molar-refractivity contribution is 5.92. The Bertz CT molecular complexity index is 1690. The summed E-state index contributed by atoms with van der Waals surface area (Å²) >= 11 is 0. The van der Waals surface area contributed by atoms with Gasteiger partial charge in [0.25, 0.3) is 0 Å². The predicted octanol–water partition coefficient (Wildman–Crippen LogP) is 6.60. The van der Waals surface area contributed by atoms with Crippen molar-refractivity contribution in [1.29, 1.82) is 0 Å². The third-order valence-corrected chi connectivity index (χ3v) is 6.44. The van der Waals surface area contributed by atoms with Crippen molar-refractivity contribution in [2.45, 2.75) is 38.8 Å². The maximum absolute atomic E-state index is 12.7. The Morgan fingerprint density at radius 1 is 1.00 bits per heavy atom. The van der Waals surface area contributed by atoms with E-state index in [0.29, 0.717) is 17.7 Å². The van der Waals surface area contributed by atoms with Gasteiger partial charge in [-0.2, -0.15) is 0 Å². The van der Waals surface area contributed by atoms with E-state index >= 15 is 0 Å². The van der Waals surface area contributed by atoms with Gasteiger partial charge in [0.05, 0.1) is 11.6 Å². The second kappa shape index (κ2) is 11.1. The number of aromatic nitrogens is 2. The van der Waals surface area contributed by atoms with Crippen LogP contribution in [0.3, 0.4) is 0 Å². The molecule has 0 aliphatic carbocycles. The van der Waals surface area contributed by atoms with E-state index in [-0.39, 0.29) is 12.2 Å². The Labute approximate surface area is 232 Å². The number of carboxylic acids is 1. The number of H-pyrrole nitrogens is 1. The minimum atomic E-state index is -1.06. The Morgan fingerprint density at radius 2 is 1.82 bits per heavy atom. The average Bonchev–Trinajstić information content (AvgIpc) is 3.33. The van der Waals surface area contributed by atoms with Gasteiger partial charge < -0.3 is 24.9 Å². The minimum absolute atomic E-state index is 0.102. The van der Waals surface area contributed by atoms with Crippen molar-refractivity contribution >= 4 is 33.7 Å². The summed E-state index contributed by atoms with van der Waals surface area (Å²) in [4.78, 5) is 32.1. The molecule has 2 heterocycles. The number of nitrogens with zero attached hydrogens (tertiary/aromatic N) is 1. The first-order valence-electron chi connectivity index (χ1n) is 13.0. The van der Waals surface area contributed by atoms with Crippen LogP contribution in [0.4, 0.5) is 4.79 Å². The SMILES string of the molecule is CC(C)(C)OC(=O)N[C@@H](COc1cc(C(=O)O)cc(-c2ccc3cnccc3c2)c1)Cc1c[nH]c2ccccc12. The van der Waals surface area contributed by atoms with Crippen molar-refractivity contribution in [3.63, 3.8) is 0 Å². The van der Waals surface area contributed by atoms with Gasteiger partial charge in [-0.15, -0.1) is 0 Å². The van der Waals surface area contributed by atoms with Crippen molar-refractivity contribution in [2.24, 2.45) is 0 Å². The molecule has 0 aliphatic rings. The second-order valence-corrected chi connectivity index (χ2v) is 10.7. The van der Waals surface area contributed by atoms with Crippen LogP contribution in [0.5, 0.6) is 5.75 Å². The van der Waals surface area contributed by atoms with E-state index < -0.39 is 23.7 Å². The van der Waals surface area contributed by atoms with E-state index in [9.17, 15) is 14.7 Å². The molecule has 8 heteroatoms. The van der Waals surface area contributed by atoms with Gasteiger partial charge in [-0.25, -0.2) is 9.59 Å². The van der Waals surface area contributed by atoms with Crippen LogP contribution >= 0.6 is 0 Å². The van der Waals surface area contributed by atoms with Crippen LogP contribution in [-0.2, 0) is 11.2 Å². The largest absolute Gasteiger partial charge is 0.491 e. The molecule has 1 atom stereocenters. The summed E-state index contributed by atoms with van der Waals surface area (Å²) in [6.45, 7) is 5.52. The number of carboxylic acid groups (broad SMARTS) is 1. The molecule has 3 aromatic carbocycles. The van der Waals surface area contributed by atoms with Gasteiger partial charge in [0.2, 0.25) is 0 Å². The Kier molecular flexibility index (Phi) is 7.42. The molecule has 0 saturated heterocycles. The summed E-state index contributed by atoms with van der Waals surface area (Å²) in [6.07, 6.45) is 5.36. The number of carbonyl (C=O) groups is 2. The number of pyridine rings is 1. The summed E-state index contributed by atoms with van der Waals surface area (Å²) in [7, 11) is 0. The van der Waals surface area contributed by atoms with E-state index in [4.69, 9.17) is 9.47 Å². The molecule has 0 radical (unpaired) electrons. The minimum Gasteiger partial charge on any atom is -0.491 e. The van der Waals surface area contributed by atoms with Crippen molar-refractivity contribution < 1.29 is 24.2 Å². The molecule has 0 saturated carbocycles. The fraction of sp³-hybridized carbons (Fsp3) is 0.219. The first-order chi connectivity index (χ1) is 19.1. The van der Waals surface area contributed by atoms with Crippen LogP contribution in [-0.4, -0.2) is 45.4 Å². The van der Waals surface area contributed by atoms with Gasteiger partial charge in [0.1, 0.15) is 18.0 Å². The molecular formula is C32H31N3O5. The first-order valence-corrected chi connectivity index (χ1v) is 13.0. The van der Waals surface area contributed by atoms with Gasteiger partial charge in [-0.3, -0.25) is 4.98 Å². The lowest BCUT2D eigenvalue weighted by molar-refractivity contribution is 0.0487. The fourth-order valence-corrected chi connectivity index (χ4v) is 4.62. The molecule has 1 amide bonds. The lowest BCUT2D eigenvalue weighted by atomic mass is 10.00. The number of rotatable bonds is 8. The second-order valence-electron chi connectivity index (χ2n) is 10.7. The number of fused-ring (bicyclic) bond motifs is 2. The summed E-state index contributed by atoms with van der Waals surface area (Å²) in [5.74, 6) is -0.668. The predicted molar refractivity (Wildman–Crippen MR) is 155 cm³/mol. The van der Waals surface area contributed by atoms with E-state index in [1.54, 1.807) is 39.2 Å². The molecule has 8 nitrogen and oxygen atoms in total. The number of aromatic carboxylic acids is 1. The van der Waals surface area contributed by atoms with Crippen LogP contribution in [0, 0.1) is 0 Å². The number of benzene rings is 3. The number of carbonyl (C=O) groups excluding carboxylic acids is 1.